The molecule has 2 aromatic heterocycles. The number of benzene rings is 2. The predicted molar refractivity (Wildman–Crippen MR) is 108 cm³/mol. The molecule has 2 amide bonds. The summed E-state index contributed by atoms with van der Waals surface area (Å²) in [4.78, 5) is 36.4. The Balaban J connectivity index is 1.45. The van der Waals surface area contributed by atoms with Crippen molar-refractivity contribution < 1.29 is 32.7 Å². The van der Waals surface area contributed by atoms with Gasteiger partial charge in [-0.25, -0.2) is 4.79 Å². The molecule has 2 heterocycles. The standard InChI is InChI=1S/C23H17NO7/c25-20(24-22(26)19-11-6-12-28-19)14-30-23(27)21-17(13-29-15-7-2-1-3-8-15)16-9-4-5-10-18(16)31-21/h1-12H,13-14H2,(H,24,25,26). The van der Waals surface area contributed by atoms with Crippen LogP contribution in [0.15, 0.2) is 81.8 Å². The molecule has 0 aliphatic rings. The second-order valence-corrected chi connectivity index (χ2v) is 6.44. The first kappa shape index (κ1) is 20.0. The first-order valence-corrected chi connectivity index (χ1v) is 9.35. The number of amides is 2. The Morgan fingerprint density at radius 2 is 1.68 bits per heavy atom. The summed E-state index contributed by atoms with van der Waals surface area (Å²) in [6, 6.07) is 19.1. The Labute approximate surface area is 176 Å². The van der Waals surface area contributed by atoms with Gasteiger partial charge in [0.15, 0.2) is 12.4 Å². The molecule has 0 saturated carbocycles. The van der Waals surface area contributed by atoms with Crippen molar-refractivity contribution in [3.63, 3.8) is 0 Å². The van der Waals surface area contributed by atoms with Crippen molar-refractivity contribution in [1.82, 2.24) is 5.32 Å². The maximum Gasteiger partial charge on any atom is 0.375 e. The van der Waals surface area contributed by atoms with Crippen molar-refractivity contribution in [1.29, 1.82) is 0 Å². The number of carbonyl (C=O) groups excluding carboxylic acids is 3. The summed E-state index contributed by atoms with van der Waals surface area (Å²) in [7, 11) is 0. The molecule has 0 fully saturated rings. The molecule has 0 aliphatic heterocycles. The number of carbonyl (C=O) groups is 3. The van der Waals surface area contributed by atoms with Gasteiger partial charge in [-0.15, -0.1) is 0 Å². The minimum Gasteiger partial charge on any atom is -0.489 e. The molecule has 0 aliphatic carbocycles. The molecule has 0 radical (unpaired) electrons. The average molecular weight is 419 g/mol. The summed E-state index contributed by atoms with van der Waals surface area (Å²) in [5.41, 5.74) is 0.982. The lowest BCUT2D eigenvalue weighted by Crippen LogP contribution is -2.34. The third kappa shape index (κ3) is 4.64. The van der Waals surface area contributed by atoms with Crippen LogP contribution in [0.25, 0.3) is 11.0 Å². The molecule has 0 unspecified atom stereocenters. The van der Waals surface area contributed by atoms with E-state index in [4.69, 9.17) is 18.3 Å². The molecule has 4 rings (SSSR count). The zero-order valence-electron chi connectivity index (χ0n) is 16.2. The number of nitrogens with one attached hydrogen (secondary N) is 1. The predicted octanol–water partition coefficient (Wildman–Crippen LogP) is 3.72. The van der Waals surface area contributed by atoms with Crippen molar-refractivity contribution in [2.45, 2.75) is 6.61 Å². The average Bonchev–Trinajstić information content (AvgIpc) is 3.45. The van der Waals surface area contributed by atoms with Crippen molar-refractivity contribution in [3.8, 4) is 5.75 Å². The van der Waals surface area contributed by atoms with Crippen LogP contribution in [0.5, 0.6) is 5.75 Å². The topological polar surface area (TPSA) is 108 Å². The van der Waals surface area contributed by atoms with Crippen LogP contribution in [-0.4, -0.2) is 24.4 Å². The number of fused-ring (bicyclic) bond motifs is 1. The van der Waals surface area contributed by atoms with E-state index in [9.17, 15) is 14.4 Å². The molecule has 156 valence electrons. The van der Waals surface area contributed by atoms with Crippen molar-refractivity contribution in [2.75, 3.05) is 6.61 Å². The van der Waals surface area contributed by atoms with Crippen LogP contribution in [0.2, 0.25) is 0 Å². The summed E-state index contributed by atoms with van der Waals surface area (Å²) in [6.07, 6.45) is 1.31. The summed E-state index contributed by atoms with van der Waals surface area (Å²) >= 11 is 0. The number of furan rings is 2. The number of imide groups is 1. The molecule has 8 heteroatoms. The van der Waals surface area contributed by atoms with Gasteiger partial charge in [0.2, 0.25) is 5.76 Å². The van der Waals surface area contributed by atoms with Gasteiger partial charge in [-0.2, -0.15) is 0 Å². The Morgan fingerprint density at radius 1 is 0.903 bits per heavy atom. The number of ether oxygens (including phenoxy) is 2. The van der Waals surface area contributed by atoms with Gasteiger partial charge in [0, 0.05) is 5.39 Å². The van der Waals surface area contributed by atoms with E-state index >= 15 is 0 Å². The molecule has 2 aromatic carbocycles. The minimum absolute atomic E-state index is 0.0303. The second-order valence-electron chi connectivity index (χ2n) is 6.44. The van der Waals surface area contributed by atoms with Gasteiger partial charge in [-0.1, -0.05) is 36.4 Å². The molecular formula is C23H17NO7. The third-order valence-corrected chi connectivity index (χ3v) is 4.34. The Bertz CT molecular complexity index is 1210. The Hall–Kier alpha value is -4.33. The molecule has 0 bridgehead atoms. The van der Waals surface area contributed by atoms with Crippen LogP contribution in [-0.2, 0) is 16.1 Å². The fraction of sp³-hybridized carbons (Fsp3) is 0.0870. The maximum absolute atomic E-state index is 12.6. The Kier molecular flexibility index (Phi) is 5.79. The van der Waals surface area contributed by atoms with E-state index in [1.165, 1.54) is 18.4 Å². The van der Waals surface area contributed by atoms with Crippen LogP contribution >= 0.6 is 0 Å². The molecule has 0 spiro atoms. The van der Waals surface area contributed by atoms with Crippen LogP contribution in [0.4, 0.5) is 0 Å². The quantitative estimate of drug-likeness (QED) is 0.455. The van der Waals surface area contributed by atoms with Crippen molar-refractivity contribution in [2.24, 2.45) is 0 Å². The van der Waals surface area contributed by atoms with Gasteiger partial charge in [0.05, 0.1) is 11.8 Å². The highest BCUT2D eigenvalue weighted by Crippen LogP contribution is 2.28. The smallest absolute Gasteiger partial charge is 0.375 e. The van der Waals surface area contributed by atoms with Crippen LogP contribution in [0.3, 0.4) is 0 Å². The van der Waals surface area contributed by atoms with Crippen LogP contribution in [0.1, 0.15) is 26.7 Å². The number of rotatable bonds is 7. The summed E-state index contributed by atoms with van der Waals surface area (Å²) in [5.74, 6) is -1.84. The van der Waals surface area contributed by atoms with E-state index in [0.29, 0.717) is 22.3 Å². The lowest BCUT2D eigenvalue weighted by atomic mass is 10.1. The fourth-order valence-corrected chi connectivity index (χ4v) is 2.91. The third-order valence-electron chi connectivity index (χ3n) is 4.34. The molecular weight excluding hydrogens is 402 g/mol. The fourth-order valence-electron chi connectivity index (χ4n) is 2.91. The summed E-state index contributed by atoms with van der Waals surface area (Å²) in [6.45, 7) is -0.601. The monoisotopic (exact) mass is 419 g/mol. The molecule has 4 aromatic rings. The number of para-hydroxylation sites is 2. The van der Waals surface area contributed by atoms with E-state index in [0.717, 1.165) is 0 Å². The van der Waals surface area contributed by atoms with Crippen LogP contribution < -0.4 is 10.1 Å². The highest BCUT2D eigenvalue weighted by atomic mass is 16.5. The summed E-state index contributed by atoms with van der Waals surface area (Å²) in [5, 5.41) is 2.77. The highest BCUT2D eigenvalue weighted by molar-refractivity contribution is 6.04. The van der Waals surface area contributed by atoms with E-state index in [1.807, 2.05) is 24.3 Å². The van der Waals surface area contributed by atoms with Gasteiger partial charge in [0.25, 0.3) is 11.8 Å². The Morgan fingerprint density at radius 3 is 2.45 bits per heavy atom. The first-order chi connectivity index (χ1) is 15.1. The van der Waals surface area contributed by atoms with Gasteiger partial charge in [-0.3, -0.25) is 14.9 Å². The van der Waals surface area contributed by atoms with Gasteiger partial charge in [0.1, 0.15) is 17.9 Å². The first-order valence-electron chi connectivity index (χ1n) is 9.35. The van der Waals surface area contributed by atoms with E-state index in [2.05, 4.69) is 5.32 Å². The zero-order chi connectivity index (χ0) is 21.6. The number of hydrogen-bond acceptors (Lipinski definition) is 7. The molecule has 0 saturated heterocycles. The second kappa shape index (κ2) is 9.00. The summed E-state index contributed by atoms with van der Waals surface area (Å²) < 4.78 is 21.4. The highest BCUT2D eigenvalue weighted by Gasteiger charge is 2.23. The molecule has 1 N–H and O–H groups in total. The maximum atomic E-state index is 12.6. The normalized spacial score (nSPS) is 10.6. The molecule has 8 nitrogen and oxygen atoms in total. The van der Waals surface area contributed by atoms with E-state index < -0.39 is 24.4 Å². The molecule has 0 atom stereocenters. The lowest BCUT2D eigenvalue weighted by Gasteiger charge is -2.07. The SMILES string of the molecule is O=C(COC(=O)c1oc2ccccc2c1COc1ccccc1)NC(=O)c1ccco1. The van der Waals surface area contributed by atoms with Gasteiger partial charge < -0.3 is 18.3 Å². The van der Waals surface area contributed by atoms with Gasteiger partial charge in [-0.05, 0) is 30.3 Å². The van der Waals surface area contributed by atoms with Gasteiger partial charge >= 0.3 is 5.97 Å². The molecule has 31 heavy (non-hydrogen) atoms. The number of esters is 1. The van der Waals surface area contributed by atoms with Crippen molar-refractivity contribution in [3.05, 3.63) is 90.1 Å². The lowest BCUT2D eigenvalue weighted by molar-refractivity contribution is -0.123. The van der Waals surface area contributed by atoms with E-state index in [1.54, 1.807) is 30.3 Å². The van der Waals surface area contributed by atoms with Crippen LogP contribution in [0, 0.1) is 0 Å². The van der Waals surface area contributed by atoms with Crippen molar-refractivity contribution >= 4 is 28.8 Å². The largest absolute Gasteiger partial charge is 0.489 e. The van der Waals surface area contributed by atoms with E-state index in [-0.39, 0.29) is 18.1 Å². The number of hydrogen-bond donors (Lipinski definition) is 1. The minimum atomic E-state index is -0.844. The zero-order valence-corrected chi connectivity index (χ0v) is 16.2.